The molecule has 30 heavy (non-hydrogen) atoms. The Morgan fingerprint density at radius 3 is 2.37 bits per heavy atom. The number of carboxylic acid groups (broad SMARTS) is 1. The molecule has 0 saturated carbocycles. The molecule has 2 saturated heterocycles. The molecule has 2 bridgehead atoms. The van der Waals surface area contributed by atoms with Crippen LogP contribution in [-0.2, 0) is 14.3 Å². The Bertz CT molecular complexity index is 1020. The van der Waals surface area contributed by atoms with Gasteiger partial charge in [0.15, 0.2) is 0 Å². The van der Waals surface area contributed by atoms with Crippen molar-refractivity contribution >= 4 is 45.5 Å². The third-order valence-electron chi connectivity index (χ3n) is 5.34. The molecule has 2 aromatic rings. The first-order valence-electron chi connectivity index (χ1n) is 9.17. The monoisotopic (exact) mass is 431 g/mol. The van der Waals surface area contributed by atoms with E-state index in [0.29, 0.717) is 23.5 Å². The van der Waals surface area contributed by atoms with Crippen molar-refractivity contribution in [1.29, 1.82) is 0 Å². The molecule has 10 nitrogen and oxygen atoms in total. The van der Waals surface area contributed by atoms with Gasteiger partial charge in [-0.05, 0) is 36.4 Å². The quantitative estimate of drug-likeness (QED) is 0.470. The number of fused-ring (bicyclic) bond motifs is 2. The van der Waals surface area contributed by atoms with E-state index >= 15 is 0 Å². The largest absolute Gasteiger partial charge is 0.481 e. The maximum absolute atomic E-state index is 12.8. The van der Waals surface area contributed by atoms with E-state index in [2.05, 4.69) is 10.6 Å². The van der Waals surface area contributed by atoms with Crippen molar-refractivity contribution in [2.45, 2.75) is 25.0 Å². The summed E-state index contributed by atoms with van der Waals surface area (Å²) in [4.78, 5) is 47.2. The summed E-state index contributed by atoms with van der Waals surface area (Å²) in [5.41, 5.74) is 0.474. The van der Waals surface area contributed by atoms with Gasteiger partial charge < -0.3 is 20.5 Å². The van der Waals surface area contributed by atoms with Crippen LogP contribution in [0.4, 0.5) is 16.4 Å². The Labute approximate surface area is 174 Å². The van der Waals surface area contributed by atoms with Crippen LogP contribution in [0.15, 0.2) is 35.7 Å². The fraction of sp³-hybridized carbons (Fsp3) is 0.316. The fourth-order valence-electron chi connectivity index (χ4n) is 3.97. The number of thiophene rings is 1. The number of carbonyl (C=O) groups excluding carboxylic acids is 2. The second kappa shape index (κ2) is 7.84. The number of anilines is 2. The number of nitrogens with zero attached hydrogens (tertiary/aromatic N) is 1. The number of nitrogens with one attached hydrogen (secondary N) is 2. The second-order valence-electron chi connectivity index (χ2n) is 7.09. The number of carbonyl (C=O) groups is 3. The smallest absolute Gasteiger partial charge is 0.310 e. The van der Waals surface area contributed by atoms with Crippen molar-refractivity contribution in [2.75, 3.05) is 10.6 Å². The molecule has 4 rings (SSSR count). The molecule has 0 spiro atoms. The van der Waals surface area contributed by atoms with Crippen molar-refractivity contribution in [3.05, 3.63) is 51.4 Å². The van der Waals surface area contributed by atoms with E-state index in [-0.39, 0.29) is 11.3 Å². The van der Waals surface area contributed by atoms with Gasteiger partial charge in [-0.2, -0.15) is 0 Å². The van der Waals surface area contributed by atoms with Gasteiger partial charge in [0.05, 0.1) is 34.5 Å². The number of benzene rings is 1. The van der Waals surface area contributed by atoms with Crippen molar-refractivity contribution in [3.8, 4) is 0 Å². The second-order valence-corrected chi connectivity index (χ2v) is 8.01. The number of carboxylic acids is 1. The van der Waals surface area contributed by atoms with Crippen LogP contribution in [0.3, 0.4) is 0 Å². The van der Waals surface area contributed by atoms with Gasteiger partial charge in [-0.1, -0.05) is 0 Å². The van der Waals surface area contributed by atoms with Crippen molar-refractivity contribution in [2.24, 2.45) is 11.8 Å². The van der Waals surface area contributed by atoms with Crippen LogP contribution in [0.25, 0.3) is 0 Å². The maximum atomic E-state index is 12.8. The van der Waals surface area contributed by atoms with Crippen LogP contribution in [0.1, 0.15) is 23.2 Å². The third kappa shape index (κ3) is 3.64. The zero-order valence-electron chi connectivity index (χ0n) is 15.4. The Hall–Kier alpha value is -3.31. The lowest BCUT2D eigenvalue weighted by atomic mass is 9.79. The van der Waals surface area contributed by atoms with Crippen molar-refractivity contribution < 1.29 is 29.2 Å². The molecule has 156 valence electrons. The third-order valence-corrected chi connectivity index (χ3v) is 6.17. The molecule has 0 radical (unpaired) electrons. The molecule has 2 amide bonds. The Kier molecular flexibility index (Phi) is 5.22. The lowest BCUT2D eigenvalue weighted by molar-refractivity contribution is -0.384. The molecular formula is C19H17N3O7S. The molecule has 2 aliphatic heterocycles. The van der Waals surface area contributed by atoms with Gasteiger partial charge in [-0.3, -0.25) is 24.5 Å². The average molecular weight is 431 g/mol. The molecule has 4 atom stereocenters. The Morgan fingerprint density at radius 2 is 1.73 bits per heavy atom. The fourth-order valence-corrected chi connectivity index (χ4v) is 4.76. The summed E-state index contributed by atoms with van der Waals surface area (Å²) < 4.78 is 5.62. The average Bonchev–Trinajstić information content (AvgIpc) is 3.43. The van der Waals surface area contributed by atoms with E-state index in [1.54, 1.807) is 5.38 Å². The highest BCUT2D eigenvalue weighted by molar-refractivity contribution is 7.14. The molecule has 3 heterocycles. The summed E-state index contributed by atoms with van der Waals surface area (Å²) in [5.74, 6) is -3.76. The van der Waals surface area contributed by atoms with Gasteiger partial charge in [-0.25, -0.2) is 0 Å². The van der Waals surface area contributed by atoms with Gasteiger partial charge in [0.2, 0.25) is 5.91 Å². The van der Waals surface area contributed by atoms with E-state index in [9.17, 15) is 29.6 Å². The number of ether oxygens (including phenoxy) is 1. The predicted octanol–water partition coefficient (Wildman–Crippen LogP) is 2.73. The molecule has 3 N–H and O–H groups in total. The van der Waals surface area contributed by atoms with Crippen molar-refractivity contribution in [1.82, 2.24) is 0 Å². The minimum Gasteiger partial charge on any atom is -0.481 e. The first-order chi connectivity index (χ1) is 14.3. The van der Waals surface area contributed by atoms with Crippen LogP contribution in [0, 0.1) is 22.0 Å². The number of rotatable bonds is 6. The van der Waals surface area contributed by atoms with Gasteiger partial charge in [-0.15, -0.1) is 11.3 Å². The molecule has 1 aromatic carbocycles. The highest BCUT2D eigenvalue weighted by Gasteiger charge is 2.55. The van der Waals surface area contributed by atoms with E-state index in [0.717, 1.165) is 11.3 Å². The predicted molar refractivity (Wildman–Crippen MR) is 107 cm³/mol. The van der Waals surface area contributed by atoms with E-state index < -0.39 is 46.8 Å². The van der Waals surface area contributed by atoms with Crippen LogP contribution < -0.4 is 10.6 Å². The summed E-state index contributed by atoms with van der Waals surface area (Å²) in [6.45, 7) is 0. The Morgan fingerprint density at radius 1 is 1.07 bits per heavy atom. The number of non-ortho nitro benzene ring substituents is 1. The van der Waals surface area contributed by atoms with Crippen molar-refractivity contribution in [3.63, 3.8) is 0 Å². The van der Waals surface area contributed by atoms with Crippen LogP contribution in [0.2, 0.25) is 0 Å². The van der Waals surface area contributed by atoms with Gasteiger partial charge in [0.1, 0.15) is 5.00 Å². The molecule has 1 aromatic heterocycles. The molecule has 0 unspecified atom stereocenters. The van der Waals surface area contributed by atoms with E-state index in [4.69, 9.17) is 4.74 Å². The van der Waals surface area contributed by atoms with Crippen LogP contribution >= 0.6 is 11.3 Å². The topological polar surface area (TPSA) is 148 Å². The van der Waals surface area contributed by atoms with Gasteiger partial charge in [0.25, 0.3) is 11.6 Å². The lowest BCUT2D eigenvalue weighted by Crippen LogP contribution is -2.41. The number of hydrogen-bond donors (Lipinski definition) is 3. The highest BCUT2D eigenvalue weighted by Crippen LogP contribution is 2.44. The lowest BCUT2D eigenvalue weighted by Gasteiger charge is -2.23. The van der Waals surface area contributed by atoms with Crippen LogP contribution in [-0.4, -0.2) is 40.0 Å². The summed E-state index contributed by atoms with van der Waals surface area (Å²) in [7, 11) is 0. The standard InChI is InChI=1S/C19H17N3O7S/c23-16(20-9-1-3-10(4-2-9)22(27)28)11-7-8-30-18(11)21-17(24)14-12-5-6-13(29-12)15(14)19(25)26/h1-4,7-8,12-15H,5-6H2,(H,20,23)(H,21,24)(H,25,26)/t12-,13-,14+,15-/m0/s1. The first kappa shape index (κ1) is 20.0. The number of nitro benzene ring substituents is 1. The number of aliphatic carboxylic acids is 1. The molecule has 11 heteroatoms. The summed E-state index contributed by atoms with van der Waals surface area (Å²) in [5, 5.41) is 27.4. The summed E-state index contributed by atoms with van der Waals surface area (Å²) in [6.07, 6.45) is 0.350. The molecule has 2 fully saturated rings. The number of amides is 2. The van der Waals surface area contributed by atoms with Crippen LogP contribution in [0.5, 0.6) is 0 Å². The molecular weight excluding hydrogens is 414 g/mol. The zero-order valence-corrected chi connectivity index (χ0v) is 16.3. The maximum Gasteiger partial charge on any atom is 0.310 e. The minimum absolute atomic E-state index is 0.0995. The van der Waals surface area contributed by atoms with Gasteiger partial charge in [0, 0.05) is 17.8 Å². The SMILES string of the molecule is O=C(Nc1ccc([N+](=O)[O-])cc1)c1ccsc1NC(=O)[C@H]1[C@@H](C(=O)O)[C@@H]2CC[C@@H]1O2. The normalized spacial score (nSPS) is 24.4. The minimum atomic E-state index is -1.07. The summed E-state index contributed by atoms with van der Waals surface area (Å²) in [6, 6.07) is 6.89. The van der Waals surface area contributed by atoms with Gasteiger partial charge >= 0.3 is 5.97 Å². The summed E-state index contributed by atoms with van der Waals surface area (Å²) >= 11 is 1.14. The van der Waals surface area contributed by atoms with E-state index in [1.807, 2.05) is 0 Å². The number of hydrogen-bond acceptors (Lipinski definition) is 7. The first-order valence-corrected chi connectivity index (χ1v) is 10.1. The van der Waals surface area contributed by atoms with E-state index in [1.165, 1.54) is 30.3 Å². The zero-order chi connectivity index (χ0) is 21.4. The Balaban J connectivity index is 1.46. The molecule has 2 aliphatic rings. The molecule has 0 aliphatic carbocycles. The highest BCUT2D eigenvalue weighted by atomic mass is 32.1. The number of nitro groups is 1.